The highest BCUT2D eigenvalue weighted by Crippen LogP contribution is 2.17. The van der Waals surface area contributed by atoms with Gasteiger partial charge in [-0.15, -0.1) is 0 Å². The first-order valence-corrected chi connectivity index (χ1v) is 6.06. The van der Waals surface area contributed by atoms with E-state index in [0.717, 1.165) is 13.0 Å². The minimum atomic E-state index is -1.12. The lowest BCUT2D eigenvalue weighted by Gasteiger charge is -2.31. The molecule has 1 fully saturated rings. The maximum atomic E-state index is 10.9. The quantitative estimate of drug-likeness (QED) is 0.861. The molecule has 0 radical (unpaired) electrons. The van der Waals surface area contributed by atoms with Crippen molar-refractivity contribution in [3.63, 3.8) is 0 Å². The molecule has 98 valence electrons. The van der Waals surface area contributed by atoms with E-state index in [-0.39, 0.29) is 11.6 Å². The van der Waals surface area contributed by atoms with Crippen LogP contribution in [0.5, 0.6) is 5.88 Å². The highest BCUT2D eigenvalue weighted by atomic mass is 16.5. The highest BCUT2D eigenvalue weighted by molar-refractivity contribution is 5.87. The summed E-state index contributed by atoms with van der Waals surface area (Å²) < 4.78 is 5.51. The number of likely N-dealkylation sites (N-methyl/N-ethyl adjacent to an activating group) is 1. The van der Waals surface area contributed by atoms with Gasteiger partial charge in [-0.2, -0.15) is 0 Å². The predicted molar refractivity (Wildman–Crippen MR) is 64.8 cm³/mol. The zero-order valence-corrected chi connectivity index (χ0v) is 10.4. The van der Waals surface area contributed by atoms with Gasteiger partial charge in [-0.25, -0.2) is 14.8 Å². The van der Waals surface area contributed by atoms with Gasteiger partial charge in [-0.3, -0.25) is 0 Å². The largest absolute Gasteiger partial charge is 0.476 e. The van der Waals surface area contributed by atoms with E-state index in [0.29, 0.717) is 12.6 Å². The maximum Gasteiger partial charge on any atom is 0.360 e. The van der Waals surface area contributed by atoms with Crippen molar-refractivity contribution in [2.24, 2.45) is 0 Å². The molecule has 1 unspecified atom stereocenters. The van der Waals surface area contributed by atoms with Crippen molar-refractivity contribution in [1.29, 1.82) is 0 Å². The Hall–Kier alpha value is -1.69. The van der Waals surface area contributed by atoms with Gasteiger partial charge in [0.25, 0.3) is 0 Å². The molecule has 1 aromatic rings. The summed E-state index contributed by atoms with van der Waals surface area (Å²) >= 11 is 0. The number of likely N-dealkylation sites (tertiary alicyclic amines) is 1. The Labute approximate surface area is 106 Å². The lowest BCUT2D eigenvalue weighted by molar-refractivity contribution is 0.0678. The van der Waals surface area contributed by atoms with E-state index in [4.69, 9.17) is 9.84 Å². The molecule has 1 atom stereocenters. The second-order valence-corrected chi connectivity index (χ2v) is 4.46. The van der Waals surface area contributed by atoms with E-state index in [2.05, 4.69) is 21.9 Å². The summed E-state index contributed by atoms with van der Waals surface area (Å²) in [7, 11) is 2.06. The van der Waals surface area contributed by atoms with Gasteiger partial charge in [0.05, 0.1) is 0 Å². The van der Waals surface area contributed by atoms with Crippen LogP contribution in [0.25, 0.3) is 0 Å². The Balaban J connectivity index is 1.99. The fourth-order valence-corrected chi connectivity index (χ4v) is 2.11. The number of aromatic carboxylic acids is 1. The molecule has 0 amide bonds. The molecule has 1 saturated heterocycles. The lowest BCUT2D eigenvalue weighted by atomic mass is 10.0. The van der Waals surface area contributed by atoms with Gasteiger partial charge >= 0.3 is 5.97 Å². The predicted octanol–water partition coefficient (Wildman–Crippen LogP) is 1.04. The van der Waals surface area contributed by atoms with Gasteiger partial charge in [0.1, 0.15) is 6.61 Å². The van der Waals surface area contributed by atoms with E-state index < -0.39 is 5.97 Å². The van der Waals surface area contributed by atoms with Crippen LogP contribution < -0.4 is 4.74 Å². The number of hydrogen-bond acceptors (Lipinski definition) is 5. The second kappa shape index (κ2) is 5.77. The second-order valence-electron chi connectivity index (χ2n) is 4.46. The van der Waals surface area contributed by atoms with Crippen molar-refractivity contribution in [3.8, 4) is 5.88 Å². The monoisotopic (exact) mass is 251 g/mol. The van der Waals surface area contributed by atoms with Gasteiger partial charge in [-0.05, 0) is 26.4 Å². The molecule has 0 saturated carbocycles. The number of aromatic nitrogens is 2. The Morgan fingerprint density at radius 2 is 2.28 bits per heavy atom. The number of carboxylic acids is 1. The number of piperidine rings is 1. The van der Waals surface area contributed by atoms with Crippen LogP contribution in [0.3, 0.4) is 0 Å². The summed E-state index contributed by atoms with van der Waals surface area (Å²) in [5.41, 5.74) is -0.129. The topological polar surface area (TPSA) is 75.5 Å². The fourth-order valence-electron chi connectivity index (χ4n) is 2.11. The standard InChI is InChI=1S/C12H17N3O3/c1-15-7-3-2-4-9(15)8-18-11-10(12(16)17)13-5-6-14-11/h5-6,9H,2-4,7-8H2,1H3,(H,16,17). The molecule has 6 heteroatoms. The minimum absolute atomic E-state index is 0.101. The zero-order valence-electron chi connectivity index (χ0n) is 10.4. The smallest absolute Gasteiger partial charge is 0.360 e. The molecule has 0 spiro atoms. The van der Waals surface area contributed by atoms with Crippen LogP contribution in [0.1, 0.15) is 29.8 Å². The molecule has 2 rings (SSSR count). The van der Waals surface area contributed by atoms with Gasteiger partial charge in [0.2, 0.25) is 11.6 Å². The lowest BCUT2D eigenvalue weighted by Crippen LogP contribution is -2.40. The van der Waals surface area contributed by atoms with Gasteiger partial charge in [-0.1, -0.05) is 6.42 Å². The first-order chi connectivity index (χ1) is 8.68. The van der Waals surface area contributed by atoms with Crippen molar-refractivity contribution in [1.82, 2.24) is 14.9 Å². The summed E-state index contributed by atoms with van der Waals surface area (Å²) in [6, 6.07) is 0.322. The van der Waals surface area contributed by atoms with Gasteiger partial charge in [0.15, 0.2) is 0 Å². The first kappa shape index (κ1) is 12.8. The number of hydrogen-bond donors (Lipinski definition) is 1. The molecule has 1 N–H and O–H groups in total. The summed E-state index contributed by atoms with van der Waals surface area (Å²) in [6.45, 7) is 1.51. The van der Waals surface area contributed by atoms with Gasteiger partial charge < -0.3 is 14.7 Å². The Morgan fingerprint density at radius 3 is 3.00 bits per heavy atom. The van der Waals surface area contributed by atoms with Crippen LogP contribution >= 0.6 is 0 Å². The number of nitrogens with zero attached hydrogens (tertiary/aromatic N) is 3. The SMILES string of the molecule is CN1CCCCC1COc1nccnc1C(=O)O. The number of rotatable bonds is 4. The number of carboxylic acid groups (broad SMARTS) is 1. The molecule has 2 heterocycles. The molecule has 18 heavy (non-hydrogen) atoms. The molecular weight excluding hydrogens is 234 g/mol. The van der Waals surface area contributed by atoms with Crippen molar-refractivity contribution >= 4 is 5.97 Å². The third-order valence-corrected chi connectivity index (χ3v) is 3.20. The van der Waals surface area contributed by atoms with E-state index in [1.807, 2.05) is 0 Å². The Kier molecular flexibility index (Phi) is 4.09. The Morgan fingerprint density at radius 1 is 1.50 bits per heavy atom. The first-order valence-electron chi connectivity index (χ1n) is 6.06. The van der Waals surface area contributed by atoms with Crippen molar-refractivity contribution in [3.05, 3.63) is 18.1 Å². The van der Waals surface area contributed by atoms with E-state index in [9.17, 15) is 4.79 Å². The molecule has 1 aliphatic heterocycles. The van der Waals surface area contributed by atoms with E-state index in [1.165, 1.54) is 25.2 Å². The van der Waals surface area contributed by atoms with Crippen LogP contribution in [0.15, 0.2) is 12.4 Å². The molecule has 0 aliphatic carbocycles. The molecule has 0 aromatic carbocycles. The van der Waals surface area contributed by atoms with Crippen LogP contribution in [0.4, 0.5) is 0 Å². The zero-order chi connectivity index (χ0) is 13.0. The van der Waals surface area contributed by atoms with Crippen molar-refractivity contribution in [2.75, 3.05) is 20.2 Å². The number of ether oxygens (including phenoxy) is 1. The minimum Gasteiger partial charge on any atom is -0.476 e. The molecule has 1 aliphatic rings. The summed E-state index contributed by atoms with van der Waals surface area (Å²) in [5.74, 6) is -1.01. The van der Waals surface area contributed by atoms with Crippen LogP contribution in [0.2, 0.25) is 0 Å². The van der Waals surface area contributed by atoms with Crippen LogP contribution in [-0.2, 0) is 0 Å². The number of carbonyl (C=O) groups is 1. The average Bonchev–Trinajstić information content (AvgIpc) is 2.38. The highest BCUT2D eigenvalue weighted by Gasteiger charge is 2.21. The summed E-state index contributed by atoms with van der Waals surface area (Å²) in [4.78, 5) is 20.9. The maximum absolute atomic E-state index is 10.9. The molecule has 0 bridgehead atoms. The fraction of sp³-hybridized carbons (Fsp3) is 0.583. The van der Waals surface area contributed by atoms with E-state index >= 15 is 0 Å². The van der Waals surface area contributed by atoms with E-state index in [1.54, 1.807) is 0 Å². The van der Waals surface area contributed by atoms with Crippen LogP contribution in [0, 0.1) is 0 Å². The average molecular weight is 251 g/mol. The Bertz CT molecular complexity index is 425. The normalized spacial score (nSPS) is 20.6. The molecular formula is C12H17N3O3. The summed E-state index contributed by atoms with van der Waals surface area (Å²) in [5, 5.41) is 8.96. The summed E-state index contributed by atoms with van der Waals surface area (Å²) in [6.07, 6.45) is 6.25. The van der Waals surface area contributed by atoms with Crippen molar-refractivity contribution in [2.45, 2.75) is 25.3 Å². The van der Waals surface area contributed by atoms with Gasteiger partial charge in [0, 0.05) is 18.4 Å². The third-order valence-electron chi connectivity index (χ3n) is 3.20. The molecule has 6 nitrogen and oxygen atoms in total. The van der Waals surface area contributed by atoms with Crippen LogP contribution in [-0.4, -0.2) is 52.2 Å². The van der Waals surface area contributed by atoms with Crippen molar-refractivity contribution < 1.29 is 14.6 Å². The molecule has 1 aromatic heterocycles. The third kappa shape index (κ3) is 2.95.